The molecule has 5 heteroatoms. The van der Waals surface area contributed by atoms with Gasteiger partial charge in [0.15, 0.2) is 0 Å². The van der Waals surface area contributed by atoms with E-state index in [1.165, 1.54) is 12.1 Å². The quantitative estimate of drug-likeness (QED) is 0.782. The molecule has 2 N–H and O–H groups in total. The van der Waals surface area contributed by atoms with Crippen molar-refractivity contribution in [2.75, 3.05) is 6.54 Å². The van der Waals surface area contributed by atoms with Gasteiger partial charge >= 0.3 is 0 Å². The Balaban J connectivity index is 2.12. The van der Waals surface area contributed by atoms with Gasteiger partial charge in [0.2, 0.25) is 0 Å². The number of amides is 1. The van der Waals surface area contributed by atoms with E-state index in [1.807, 2.05) is 0 Å². The first-order valence-electron chi connectivity index (χ1n) is 6.02. The first kappa shape index (κ1) is 11.2. The average molecular weight is 246 g/mol. The Hall–Kier alpha value is -1.88. The number of hydrogen-bond donors (Lipinski definition) is 2. The largest absolute Gasteiger partial charge is 0.508 e. The molecule has 2 heterocycles. The van der Waals surface area contributed by atoms with Gasteiger partial charge in [0, 0.05) is 24.4 Å². The summed E-state index contributed by atoms with van der Waals surface area (Å²) in [5.74, 6) is -0.0945. The Morgan fingerprint density at radius 2 is 2.28 bits per heavy atom. The van der Waals surface area contributed by atoms with E-state index in [9.17, 15) is 9.90 Å². The smallest absolute Gasteiger partial charge is 0.256 e. The highest BCUT2D eigenvalue weighted by Crippen LogP contribution is 2.33. The van der Waals surface area contributed by atoms with Crippen molar-refractivity contribution in [1.29, 1.82) is 0 Å². The van der Waals surface area contributed by atoms with Crippen molar-refractivity contribution in [1.82, 2.24) is 4.90 Å². The summed E-state index contributed by atoms with van der Waals surface area (Å²) in [6.45, 7) is 0.448. The van der Waals surface area contributed by atoms with Gasteiger partial charge in [-0.3, -0.25) is 9.79 Å². The Bertz CT molecular complexity index is 539. The number of aliphatic imine (C=N–C) groups is 1. The summed E-state index contributed by atoms with van der Waals surface area (Å²) < 4.78 is 0. The van der Waals surface area contributed by atoms with Crippen LogP contribution >= 0.6 is 0 Å². The third-order valence-corrected chi connectivity index (χ3v) is 3.54. The summed E-state index contributed by atoms with van der Waals surface area (Å²) in [5, 5.41) is 18.8. The van der Waals surface area contributed by atoms with Crippen LogP contribution in [0, 0.1) is 0 Å². The second kappa shape index (κ2) is 4.10. The molecule has 3 rings (SSSR count). The molecule has 94 valence electrons. The summed E-state index contributed by atoms with van der Waals surface area (Å²) in [6, 6.07) is 3.03. The lowest BCUT2D eigenvalue weighted by Gasteiger charge is -2.20. The van der Waals surface area contributed by atoms with E-state index in [0.717, 1.165) is 19.4 Å². The molecule has 5 nitrogen and oxygen atoms in total. The van der Waals surface area contributed by atoms with Crippen molar-refractivity contribution in [3.63, 3.8) is 0 Å². The molecular weight excluding hydrogens is 232 g/mol. The van der Waals surface area contributed by atoms with Crippen molar-refractivity contribution in [3.05, 3.63) is 23.3 Å². The summed E-state index contributed by atoms with van der Waals surface area (Å²) in [7, 11) is 0. The summed E-state index contributed by atoms with van der Waals surface area (Å²) in [4.78, 5) is 18.5. The van der Waals surface area contributed by atoms with Gasteiger partial charge in [-0.25, -0.2) is 0 Å². The van der Waals surface area contributed by atoms with Gasteiger partial charge in [-0.05, 0) is 18.9 Å². The summed E-state index contributed by atoms with van der Waals surface area (Å²) >= 11 is 0. The van der Waals surface area contributed by atoms with Crippen LogP contribution < -0.4 is 0 Å². The first-order valence-corrected chi connectivity index (χ1v) is 6.02. The molecule has 1 saturated heterocycles. The minimum Gasteiger partial charge on any atom is -0.508 e. The Labute approximate surface area is 104 Å². The number of benzene rings is 1. The van der Waals surface area contributed by atoms with Crippen LogP contribution in [0.15, 0.2) is 17.1 Å². The second-order valence-electron chi connectivity index (χ2n) is 4.64. The van der Waals surface area contributed by atoms with E-state index in [1.54, 1.807) is 11.1 Å². The van der Waals surface area contributed by atoms with Gasteiger partial charge in [-0.2, -0.15) is 0 Å². The van der Waals surface area contributed by atoms with Crippen molar-refractivity contribution in [3.8, 4) is 5.75 Å². The molecular formula is C13H14N2O3. The highest BCUT2D eigenvalue weighted by atomic mass is 16.3. The van der Waals surface area contributed by atoms with Crippen LogP contribution in [0.4, 0.5) is 5.69 Å². The summed E-state index contributed by atoms with van der Waals surface area (Å²) in [6.07, 6.45) is 3.69. The SMILES string of the molecule is O=C1c2cc(CO)c(O)cc2N=C[C@@H]2CCCN12. The number of carbonyl (C=O) groups is 1. The number of aliphatic hydroxyl groups excluding tert-OH is 1. The average Bonchev–Trinajstić information content (AvgIpc) is 2.79. The van der Waals surface area contributed by atoms with E-state index in [-0.39, 0.29) is 24.3 Å². The zero-order chi connectivity index (χ0) is 12.7. The van der Waals surface area contributed by atoms with Crippen molar-refractivity contribution >= 4 is 17.8 Å². The van der Waals surface area contributed by atoms with Gasteiger partial charge in [0.05, 0.1) is 23.9 Å². The molecule has 0 radical (unpaired) electrons. The molecule has 1 atom stereocenters. The fourth-order valence-electron chi connectivity index (χ4n) is 2.55. The van der Waals surface area contributed by atoms with Gasteiger partial charge in [-0.1, -0.05) is 0 Å². The normalized spacial score (nSPS) is 21.7. The van der Waals surface area contributed by atoms with E-state index in [2.05, 4.69) is 4.99 Å². The molecule has 0 bridgehead atoms. The monoisotopic (exact) mass is 246 g/mol. The number of fused-ring (bicyclic) bond motifs is 2. The minimum atomic E-state index is -0.292. The van der Waals surface area contributed by atoms with Crippen LogP contribution in [0.3, 0.4) is 0 Å². The number of rotatable bonds is 1. The molecule has 1 aromatic rings. The number of nitrogens with zero attached hydrogens (tertiary/aromatic N) is 2. The van der Waals surface area contributed by atoms with Gasteiger partial charge in [-0.15, -0.1) is 0 Å². The van der Waals surface area contributed by atoms with E-state index < -0.39 is 0 Å². The molecule has 1 aromatic carbocycles. The van der Waals surface area contributed by atoms with Crippen LogP contribution in [0.2, 0.25) is 0 Å². The zero-order valence-electron chi connectivity index (χ0n) is 9.83. The first-order chi connectivity index (χ1) is 8.70. The highest BCUT2D eigenvalue weighted by Gasteiger charge is 2.32. The molecule has 0 unspecified atom stereocenters. The van der Waals surface area contributed by atoms with E-state index in [4.69, 9.17) is 5.11 Å². The van der Waals surface area contributed by atoms with Crippen LogP contribution in [0.1, 0.15) is 28.8 Å². The maximum absolute atomic E-state index is 12.4. The lowest BCUT2D eigenvalue weighted by molar-refractivity contribution is 0.0774. The van der Waals surface area contributed by atoms with Crippen LogP contribution in [-0.4, -0.2) is 39.8 Å². The topological polar surface area (TPSA) is 73.1 Å². The molecule has 2 aliphatic rings. The van der Waals surface area contributed by atoms with Crippen molar-refractivity contribution in [2.45, 2.75) is 25.5 Å². The maximum atomic E-state index is 12.4. The number of hydrogen-bond acceptors (Lipinski definition) is 4. The Morgan fingerprint density at radius 3 is 3.06 bits per heavy atom. The number of phenols is 1. The molecule has 0 saturated carbocycles. The van der Waals surface area contributed by atoms with Crippen molar-refractivity contribution < 1.29 is 15.0 Å². The lowest BCUT2D eigenvalue weighted by Crippen LogP contribution is -2.35. The highest BCUT2D eigenvalue weighted by molar-refractivity contribution is 6.03. The summed E-state index contributed by atoms with van der Waals surface area (Å²) in [5.41, 5.74) is 1.29. The van der Waals surface area contributed by atoms with Crippen molar-refractivity contribution in [2.24, 2.45) is 4.99 Å². The predicted octanol–water partition coefficient (Wildman–Crippen LogP) is 1.21. The molecule has 0 spiro atoms. The standard InChI is InChI=1S/C13H14N2O3/c16-7-8-4-10-11(5-12(8)17)14-6-9-2-1-3-15(9)13(10)18/h4-6,9,16-17H,1-3,7H2/t9-/m0/s1. The third kappa shape index (κ3) is 1.59. The van der Waals surface area contributed by atoms with Gasteiger partial charge < -0.3 is 15.1 Å². The fraction of sp³-hybridized carbons (Fsp3) is 0.385. The minimum absolute atomic E-state index is 0.0248. The van der Waals surface area contributed by atoms with E-state index in [0.29, 0.717) is 16.8 Å². The number of aromatic hydroxyl groups is 1. The van der Waals surface area contributed by atoms with Gasteiger partial charge in [0.1, 0.15) is 5.75 Å². The molecule has 18 heavy (non-hydrogen) atoms. The van der Waals surface area contributed by atoms with Gasteiger partial charge in [0.25, 0.3) is 5.91 Å². The lowest BCUT2D eigenvalue weighted by atomic mass is 10.1. The fourth-order valence-corrected chi connectivity index (χ4v) is 2.55. The Morgan fingerprint density at radius 1 is 1.44 bits per heavy atom. The predicted molar refractivity (Wildman–Crippen MR) is 66.2 cm³/mol. The number of aliphatic hydroxyl groups is 1. The molecule has 0 aliphatic carbocycles. The molecule has 0 aromatic heterocycles. The molecule has 2 aliphatic heterocycles. The molecule has 1 fully saturated rings. The third-order valence-electron chi connectivity index (χ3n) is 3.54. The second-order valence-corrected chi connectivity index (χ2v) is 4.64. The van der Waals surface area contributed by atoms with Crippen LogP contribution in [0.5, 0.6) is 5.75 Å². The maximum Gasteiger partial charge on any atom is 0.256 e. The number of carbonyl (C=O) groups excluding carboxylic acids is 1. The molecule has 1 amide bonds. The van der Waals surface area contributed by atoms with Crippen LogP contribution in [0.25, 0.3) is 0 Å². The zero-order valence-corrected chi connectivity index (χ0v) is 9.83. The van der Waals surface area contributed by atoms with Crippen LogP contribution in [-0.2, 0) is 6.61 Å². The Kier molecular flexibility index (Phi) is 2.56. The van der Waals surface area contributed by atoms with E-state index >= 15 is 0 Å².